The molecule has 1 amide bonds. The topological polar surface area (TPSA) is 89.3 Å². The van der Waals surface area contributed by atoms with E-state index in [1.807, 2.05) is 31.2 Å². The van der Waals surface area contributed by atoms with Crippen molar-refractivity contribution in [2.24, 2.45) is 5.14 Å². The van der Waals surface area contributed by atoms with Gasteiger partial charge in [-0.15, -0.1) is 11.8 Å². The average molecular weight is 413 g/mol. The zero-order chi connectivity index (χ0) is 19.2. The number of nitrogens with one attached hydrogen (secondary N) is 1. The molecule has 0 spiro atoms. The molecule has 1 atom stereocenters. The van der Waals surface area contributed by atoms with Crippen molar-refractivity contribution in [2.45, 2.75) is 23.5 Å². The number of primary sulfonamides is 1. The van der Waals surface area contributed by atoms with E-state index in [9.17, 15) is 13.2 Å². The van der Waals surface area contributed by atoms with Crippen LogP contribution in [0.25, 0.3) is 0 Å². The number of hydrogen-bond donors (Lipinski definition) is 2. The predicted octanol–water partition coefficient (Wildman–Crippen LogP) is 3.14. The van der Waals surface area contributed by atoms with Crippen LogP contribution in [0.1, 0.15) is 23.3 Å². The third kappa shape index (κ3) is 6.64. The van der Waals surface area contributed by atoms with Crippen molar-refractivity contribution in [1.82, 2.24) is 5.32 Å². The van der Waals surface area contributed by atoms with Gasteiger partial charge in [0, 0.05) is 16.8 Å². The molecule has 0 aliphatic carbocycles. The third-order valence-electron chi connectivity index (χ3n) is 3.79. The van der Waals surface area contributed by atoms with Crippen molar-refractivity contribution in [1.29, 1.82) is 0 Å². The van der Waals surface area contributed by atoms with Crippen LogP contribution in [0.5, 0.6) is 0 Å². The van der Waals surface area contributed by atoms with E-state index in [4.69, 9.17) is 16.7 Å². The minimum atomic E-state index is -3.67. The Labute approximate surface area is 163 Å². The van der Waals surface area contributed by atoms with Gasteiger partial charge in [-0.25, -0.2) is 13.6 Å². The minimum Gasteiger partial charge on any atom is -0.355 e. The molecule has 0 aliphatic heterocycles. The van der Waals surface area contributed by atoms with Gasteiger partial charge in [0.2, 0.25) is 15.9 Å². The van der Waals surface area contributed by atoms with Gasteiger partial charge >= 0.3 is 0 Å². The Balaban J connectivity index is 1.72. The molecule has 0 fully saturated rings. The van der Waals surface area contributed by atoms with Gasteiger partial charge in [-0.05, 0) is 48.7 Å². The summed E-state index contributed by atoms with van der Waals surface area (Å²) in [5.74, 6) is 0.339. The van der Waals surface area contributed by atoms with Gasteiger partial charge < -0.3 is 5.32 Å². The summed E-state index contributed by atoms with van der Waals surface area (Å²) in [7, 11) is -3.67. The monoisotopic (exact) mass is 412 g/mol. The largest absolute Gasteiger partial charge is 0.355 e. The van der Waals surface area contributed by atoms with Gasteiger partial charge in [-0.3, -0.25) is 4.79 Å². The highest BCUT2D eigenvalue weighted by atomic mass is 35.5. The van der Waals surface area contributed by atoms with Gasteiger partial charge in [0.05, 0.1) is 10.6 Å². The van der Waals surface area contributed by atoms with Gasteiger partial charge in [0.15, 0.2) is 0 Å². The Bertz CT molecular complexity index is 838. The molecule has 0 heterocycles. The SMILES string of the molecule is CC(SCC(=O)NCCc1ccc(S(N)(=O)=O)cc1)c1ccc(Cl)cc1. The molecule has 2 rings (SSSR count). The van der Waals surface area contributed by atoms with Gasteiger partial charge in [-0.2, -0.15) is 0 Å². The van der Waals surface area contributed by atoms with E-state index in [2.05, 4.69) is 5.32 Å². The maximum atomic E-state index is 12.0. The highest BCUT2D eigenvalue weighted by Gasteiger charge is 2.10. The summed E-state index contributed by atoms with van der Waals surface area (Å²) >= 11 is 7.43. The van der Waals surface area contributed by atoms with Crippen LogP contribution in [0, 0.1) is 0 Å². The van der Waals surface area contributed by atoms with Gasteiger partial charge in [0.1, 0.15) is 0 Å². The van der Waals surface area contributed by atoms with E-state index in [1.54, 1.807) is 23.9 Å². The zero-order valence-corrected chi connectivity index (χ0v) is 16.7. The number of halogens is 1. The first-order chi connectivity index (χ1) is 12.3. The van der Waals surface area contributed by atoms with Crippen molar-refractivity contribution >= 4 is 39.3 Å². The molecular weight excluding hydrogens is 392 g/mol. The summed E-state index contributed by atoms with van der Waals surface area (Å²) < 4.78 is 22.4. The first-order valence-electron chi connectivity index (χ1n) is 8.01. The normalized spacial score (nSPS) is 12.6. The second-order valence-electron chi connectivity index (χ2n) is 5.79. The van der Waals surface area contributed by atoms with Crippen LogP contribution >= 0.6 is 23.4 Å². The number of carbonyl (C=O) groups is 1. The fourth-order valence-corrected chi connectivity index (χ4v) is 3.77. The van der Waals surface area contributed by atoms with Crippen LogP contribution in [-0.4, -0.2) is 26.6 Å². The summed E-state index contributed by atoms with van der Waals surface area (Å²) in [5, 5.41) is 8.82. The van der Waals surface area contributed by atoms with Crippen LogP contribution < -0.4 is 10.5 Å². The van der Waals surface area contributed by atoms with Crippen molar-refractivity contribution in [3.05, 3.63) is 64.7 Å². The predicted molar refractivity (Wildman–Crippen MR) is 107 cm³/mol. The molecule has 26 heavy (non-hydrogen) atoms. The highest BCUT2D eigenvalue weighted by molar-refractivity contribution is 8.00. The number of thioether (sulfide) groups is 1. The number of hydrogen-bond acceptors (Lipinski definition) is 4. The molecule has 140 valence electrons. The van der Waals surface area contributed by atoms with Crippen LogP contribution in [0.4, 0.5) is 0 Å². The lowest BCUT2D eigenvalue weighted by Crippen LogP contribution is -2.27. The number of rotatable bonds is 8. The first kappa shape index (κ1) is 20.8. The van der Waals surface area contributed by atoms with E-state index in [-0.39, 0.29) is 16.1 Å². The quantitative estimate of drug-likeness (QED) is 0.697. The lowest BCUT2D eigenvalue weighted by atomic mass is 10.1. The Hall–Kier alpha value is -1.54. The summed E-state index contributed by atoms with van der Waals surface area (Å²) in [6.07, 6.45) is 0.619. The summed E-state index contributed by atoms with van der Waals surface area (Å²) in [5.41, 5.74) is 2.06. The van der Waals surface area contributed by atoms with Crippen molar-refractivity contribution in [3.63, 3.8) is 0 Å². The van der Waals surface area contributed by atoms with Crippen LogP contribution in [0.3, 0.4) is 0 Å². The average Bonchev–Trinajstić information content (AvgIpc) is 2.60. The molecular formula is C18H21ClN2O3S2. The molecule has 0 aromatic heterocycles. The fourth-order valence-electron chi connectivity index (χ4n) is 2.27. The molecule has 0 radical (unpaired) electrons. The second-order valence-corrected chi connectivity index (χ2v) is 9.12. The maximum Gasteiger partial charge on any atom is 0.238 e. The molecule has 2 aromatic rings. The van der Waals surface area contributed by atoms with Crippen molar-refractivity contribution in [3.8, 4) is 0 Å². The van der Waals surface area contributed by atoms with E-state index in [1.165, 1.54) is 12.1 Å². The summed E-state index contributed by atoms with van der Waals surface area (Å²) in [6.45, 7) is 2.54. The number of sulfonamides is 1. The minimum absolute atomic E-state index is 0.0306. The summed E-state index contributed by atoms with van der Waals surface area (Å²) in [4.78, 5) is 12.0. The number of amides is 1. The Morgan fingerprint density at radius 1 is 1.15 bits per heavy atom. The fraction of sp³-hybridized carbons (Fsp3) is 0.278. The van der Waals surface area contributed by atoms with Crippen LogP contribution in [-0.2, 0) is 21.2 Å². The molecule has 0 bridgehead atoms. The molecule has 0 saturated carbocycles. The molecule has 5 nitrogen and oxygen atoms in total. The van der Waals surface area contributed by atoms with Crippen LogP contribution in [0.2, 0.25) is 5.02 Å². The lowest BCUT2D eigenvalue weighted by molar-refractivity contribution is -0.118. The smallest absolute Gasteiger partial charge is 0.238 e. The number of carbonyl (C=O) groups excluding carboxylic acids is 1. The second kappa shape index (κ2) is 9.41. The molecule has 0 aliphatic rings. The number of benzene rings is 2. The molecule has 2 aromatic carbocycles. The van der Waals surface area contributed by atoms with Gasteiger partial charge in [-0.1, -0.05) is 35.9 Å². The maximum absolute atomic E-state index is 12.0. The Morgan fingerprint density at radius 3 is 2.35 bits per heavy atom. The van der Waals surface area contributed by atoms with Crippen molar-refractivity contribution in [2.75, 3.05) is 12.3 Å². The molecule has 8 heteroatoms. The third-order valence-corrected chi connectivity index (χ3v) is 6.17. The number of nitrogens with two attached hydrogens (primary N) is 1. The Morgan fingerprint density at radius 2 is 1.77 bits per heavy atom. The van der Waals surface area contributed by atoms with E-state index < -0.39 is 10.0 Å². The molecule has 3 N–H and O–H groups in total. The van der Waals surface area contributed by atoms with Crippen molar-refractivity contribution < 1.29 is 13.2 Å². The highest BCUT2D eigenvalue weighted by Crippen LogP contribution is 2.28. The standard InChI is InChI=1S/C18H21ClN2O3S2/c1-13(15-4-6-16(19)7-5-15)25-12-18(22)21-11-10-14-2-8-17(9-3-14)26(20,23)24/h2-9,13H,10-12H2,1H3,(H,21,22)(H2,20,23,24). The lowest BCUT2D eigenvalue weighted by Gasteiger charge is -2.12. The molecule has 0 saturated heterocycles. The van der Waals surface area contributed by atoms with Crippen LogP contribution in [0.15, 0.2) is 53.4 Å². The van der Waals surface area contributed by atoms with E-state index in [0.29, 0.717) is 23.7 Å². The summed E-state index contributed by atoms with van der Waals surface area (Å²) in [6, 6.07) is 13.9. The Kier molecular flexibility index (Phi) is 7.52. The van der Waals surface area contributed by atoms with E-state index in [0.717, 1.165) is 11.1 Å². The first-order valence-corrected chi connectivity index (χ1v) is 11.0. The zero-order valence-electron chi connectivity index (χ0n) is 14.3. The van der Waals surface area contributed by atoms with Gasteiger partial charge in [0.25, 0.3) is 0 Å². The molecule has 1 unspecified atom stereocenters. The van der Waals surface area contributed by atoms with E-state index >= 15 is 0 Å².